The Morgan fingerprint density at radius 1 is 1.62 bits per heavy atom. The van der Waals surface area contributed by atoms with Crippen molar-refractivity contribution < 1.29 is 4.74 Å². The fourth-order valence-corrected chi connectivity index (χ4v) is 1.68. The van der Waals surface area contributed by atoms with Gasteiger partial charge in [0.15, 0.2) is 0 Å². The number of hydrogen-bond donors (Lipinski definition) is 1. The van der Waals surface area contributed by atoms with E-state index in [1.807, 2.05) is 6.07 Å². The third kappa shape index (κ3) is 1.99. The highest BCUT2D eigenvalue weighted by Gasteiger charge is 2.17. The lowest BCUT2D eigenvalue weighted by atomic mass is 10.1. The van der Waals surface area contributed by atoms with Crippen LogP contribution >= 0.6 is 11.6 Å². The molecule has 0 spiro atoms. The maximum Gasteiger partial charge on any atom is 0.0662 e. The number of hydrogen-bond acceptors (Lipinski definition) is 3. The molecule has 1 aliphatic rings. The summed E-state index contributed by atoms with van der Waals surface area (Å²) < 4.78 is 5.35. The Morgan fingerprint density at radius 3 is 3.23 bits per heavy atom. The second-order valence-corrected chi connectivity index (χ2v) is 3.39. The Balaban J connectivity index is 2.18. The van der Waals surface area contributed by atoms with Gasteiger partial charge >= 0.3 is 0 Å². The summed E-state index contributed by atoms with van der Waals surface area (Å²) in [5.74, 6) is 0. The largest absolute Gasteiger partial charge is 0.378 e. The van der Waals surface area contributed by atoms with Crippen molar-refractivity contribution in [2.45, 2.75) is 6.04 Å². The molecule has 4 heteroatoms. The zero-order valence-corrected chi connectivity index (χ0v) is 7.92. The van der Waals surface area contributed by atoms with Gasteiger partial charge in [-0.3, -0.25) is 4.98 Å². The van der Waals surface area contributed by atoms with E-state index in [1.165, 1.54) is 0 Å². The van der Waals surface area contributed by atoms with Crippen molar-refractivity contribution in [1.82, 2.24) is 10.3 Å². The number of halogens is 1. The molecule has 2 heterocycles. The highest BCUT2D eigenvalue weighted by atomic mass is 35.5. The smallest absolute Gasteiger partial charge is 0.0662 e. The van der Waals surface area contributed by atoms with Gasteiger partial charge in [0.1, 0.15) is 0 Å². The van der Waals surface area contributed by atoms with Crippen LogP contribution in [0.4, 0.5) is 0 Å². The van der Waals surface area contributed by atoms with E-state index in [-0.39, 0.29) is 6.04 Å². The average Bonchev–Trinajstić information content (AvgIpc) is 2.20. The van der Waals surface area contributed by atoms with Crippen molar-refractivity contribution in [3.8, 4) is 0 Å². The molecule has 0 unspecified atom stereocenters. The number of pyridine rings is 1. The second kappa shape index (κ2) is 4.05. The third-order valence-corrected chi connectivity index (χ3v) is 2.42. The minimum Gasteiger partial charge on any atom is -0.378 e. The van der Waals surface area contributed by atoms with Crippen molar-refractivity contribution in [2.75, 3.05) is 19.8 Å². The molecule has 13 heavy (non-hydrogen) atoms. The van der Waals surface area contributed by atoms with Gasteiger partial charge in [0.05, 0.1) is 24.3 Å². The number of nitrogens with one attached hydrogen (secondary N) is 1. The van der Waals surface area contributed by atoms with E-state index in [0.29, 0.717) is 11.6 Å². The molecule has 0 bridgehead atoms. The van der Waals surface area contributed by atoms with E-state index in [4.69, 9.17) is 16.3 Å². The first kappa shape index (κ1) is 8.94. The highest BCUT2D eigenvalue weighted by Crippen LogP contribution is 2.22. The molecule has 1 saturated heterocycles. The van der Waals surface area contributed by atoms with Crippen molar-refractivity contribution in [3.63, 3.8) is 0 Å². The van der Waals surface area contributed by atoms with Gasteiger partial charge in [-0.05, 0) is 11.6 Å². The van der Waals surface area contributed by atoms with Crippen LogP contribution in [0.15, 0.2) is 18.5 Å². The minimum atomic E-state index is 0.212. The lowest BCUT2D eigenvalue weighted by molar-refractivity contribution is 0.0769. The zero-order valence-electron chi connectivity index (χ0n) is 7.16. The first-order valence-corrected chi connectivity index (χ1v) is 4.66. The Hall–Kier alpha value is -0.640. The molecule has 0 aromatic carbocycles. The molecule has 0 amide bonds. The molecule has 1 aromatic rings. The minimum absolute atomic E-state index is 0.212. The van der Waals surface area contributed by atoms with Crippen LogP contribution in [0, 0.1) is 0 Å². The first-order valence-electron chi connectivity index (χ1n) is 4.28. The van der Waals surface area contributed by atoms with Crippen LogP contribution in [0.1, 0.15) is 11.6 Å². The molecule has 1 atom stereocenters. The summed E-state index contributed by atoms with van der Waals surface area (Å²) in [6.45, 7) is 2.34. The van der Waals surface area contributed by atoms with Crippen LogP contribution in [-0.4, -0.2) is 24.7 Å². The predicted molar refractivity (Wildman–Crippen MR) is 50.8 cm³/mol. The van der Waals surface area contributed by atoms with Gasteiger partial charge in [0, 0.05) is 18.9 Å². The Kier molecular flexibility index (Phi) is 2.78. The molecule has 2 rings (SSSR count). The number of rotatable bonds is 1. The summed E-state index contributed by atoms with van der Waals surface area (Å²) in [7, 11) is 0. The van der Waals surface area contributed by atoms with Crippen molar-refractivity contribution in [2.24, 2.45) is 0 Å². The molecule has 70 valence electrons. The van der Waals surface area contributed by atoms with Crippen LogP contribution in [0.5, 0.6) is 0 Å². The second-order valence-electron chi connectivity index (χ2n) is 2.98. The topological polar surface area (TPSA) is 34.1 Å². The Morgan fingerprint density at radius 2 is 2.54 bits per heavy atom. The van der Waals surface area contributed by atoms with E-state index in [1.54, 1.807) is 12.4 Å². The van der Waals surface area contributed by atoms with E-state index in [2.05, 4.69) is 10.3 Å². The first-order chi connectivity index (χ1) is 6.38. The maximum absolute atomic E-state index is 6.00. The highest BCUT2D eigenvalue weighted by molar-refractivity contribution is 6.31. The fraction of sp³-hybridized carbons (Fsp3) is 0.444. The predicted octanol–water partition coefficient (Wildman–Crippen LogP) is 1.40. The molecule has 0 saturated carbocycles. The molecule has 1 aliphatic heterocycles. The SMILES string of the molecule is Clc1cnccc1[C@H]1COCCN1. The average molecular weight is 199 g/mol. The standard InChI is InChI=1S/C9H11ClN2O/c10-8-5-11-2-1-7(8)9-6-13-4-3-12-9/h1-2,5,9,12H,3-4,6H2/t9-/m1/s1. The maximum atomic E-state index is 6.00. The number of morpholine rings is 1. The third-order valence-electron chi connectivity index (χ3n) is 2.10. The summed E-state index contributed by atoms with van der Waals surface area (Å²) in [6, 6.07) is 2.14. The van der Waals surface area contributed by atoms with Crippen LogP contribution in [0.25, 0.3) is 0 Å². The fourth-order valence-electron chi connectivity index (χ4n) is 1.43. The van der Waals surface area contributed by atoms with Crippen molar-refractivity contribution in [1.29, 1.82) is 0 Å². The zero-order chi connectivity index (χ0) is 9.10. The van der Waals surface area contributed by atoms with Gasteiger partial charge in [0.25, 0.3) is 0 Å². The molecule has 1 fully saturated rings. The van der Waals surface area contributed by atoms with E-state index in [9.17, 15) is 0 Å². The number of aromatic nitrogens is 1. The quantitative estimate of drug-likeness (QED) is 0.741. The van der Waals surface area contributed by atoms with E-state index < -0.39 is 0 Å². The lowest BCUT2D eigenvalue weighted by Gasteiger charge is -2.24. The Labute approximate surface area is 82.1 Å². The summed E-state index contributed by atoms with van der Waals surface area (Å²) in [6.07, 6.45) is 3.41. The van der Waals surface area contributed by atoms with Crippen LogP contribution in [0.3, 0.4) is 0 Å². The van der Waals surface area contributed by atoms with Crippen LogP contribution < -0.4 is 5.32 Å². The van der Waals surface area contributed by atoms with Gasteiger partial charge in [-0.2, -0.15) is 0 Å². The Bertz CT molecular complexity index is 287. The molecule has 1 aromatic heterocycles. The molecule has 3 nitrogen and oxygen atoms in total. The van der Waals surface area contributed by atoms with Gasteiger partial charge in [0.2, 0.25) is 0 Å². The summed E-state index contributed by atoms with van der Waals surface area (Å²) in [5, 5.41) is 4.04. The van der Waals surface area contributed by atoms with Gasteiger partial charge < -0.3 is 10.1 Å². The number of nitrogens with zero attached hydrogens (tertiary/aromatic N) is 1. The van der Waals surface area contributed by atoms with Gasteiger partial charge in [-0.1, -0.05) is 11.6 Å². The summed E-state index contributed by atoms with van der Waals surface area (Å²) in [5.41, 5.74) is 1.07. The molecular weight excluding hydrogens is 188 g/mol. The molecular formula is C9H11ClN2O. The van der Waals surface area contributed by atoms with Crippen molar-refractivity contribution in [3.05, 3.63) is 29.0 Å². The van der Waals surface area contributed by atoms with Crippen molar-refractivity contribution >= 4 is 11.6 Å². The molecule has 0 radical (unpaired) electrons. The normalized spacial score (nSPS) is 23.0. The van der Waals surface area contributed by atoms with Crippen LogP contribution in [0.2, 0.25) is 5.02 Å². The lowest BCUT2D eigenvalue weighted by Crippen LogP contribution is -2.34. The molecule has 1 N–H and O–H groups in total. The van der Waals surface area contributed by atoms with Gasteiger partial charge in [-0.15, -0.1) is 0 Å². The summed E-state index contributed by atoms with van der Waals surface area (Å²) in [4.78, 5) is 3.94. The number of ether oxygens (including phenoxy) is 1. The van der Waals surface area contributed by atoms with Gasteiger partial charge in [-0.25, -0.2) is 0 Å². The van der Waals surface area contributed by atoms with E-state index >= 15 is 0 Å². The summed E-state index contributed by atoms with van der Waals surface area (Å²) >= 11 is 6.00. The molecule has 0 aliphatic carbocycles. The van der Waals surface area contributed by atoms with Crippen LogP contribution in [-0.2, 0) is 4.74 Å². The monoisotopic (exact) mass is 198 g/mol. The van der Waals surface area contributed by atoms with E-state index in [0.717, 1.165) is 18.7 Å².